The van der Waals surface area contributed by atoms with Gasteiger partial charge in [0.05, 0.1) is 6.61 Å². The lowest BCUT2D eigenvalue weighted by molar-refractivity contribution is 0.255. The Morgan fingerprint density at radius 1 is 1.21 bits per heavy atom. The van der Waals surface area contributed by atoms with E-state index in [-0.39, 0.29) is 0 Å². The van der Waals surface area contributed by atoms with Crippen molar-refractivity contribution in [1.82, 2.24) is 4.67 Å². The molecule has 2 N–H and O–H groups in total. The summed E-state index contributed by atoms with van der Waals surface area (Å²) in [6, 6.07) is 1.09. The minimum absolute atomic E-state index is 0.457. The van der Waals surface area contributed by atoms with Crippen molar-refractivity contribution in [2.45, 2.75) is 46.2 Å². The van der Waals surface area contributed by atoms with Crippen LogP contribution in [0.2, 0.25) is 0 Å². The molecule has 1 atom stereocenters. The van der Waals surface area contributed by atoms with Crippen LogP contribution < -0.4 is 5.73 Å². The number of nitrogens with zero attached hydrogens (tertiary/aromatic N) is 1. The van der Waals surface area contributed by atoms with Crippen molar-refractivity contribution in [2.75, 3.05) is 19.8 Å². The lowest BCUT2D eigenvalue weighted by Crippen LogP contribution is -2.32. The minimum Gasteiger partial charge on any atom is -0.344 e. The maximum Gasteiger partial charge on any atom is 0.101 e. The van der Waals surface area contributed by atoms with E-state index in [4.69, 9.17) is 10.3 Å². The Labute approximate surface area is 89.9 Å². The van der Waals surface area contributed by atoms with Crippen LogP contribution in [0.3, 0.4) is 0 Å². The maximum atomic E-state index is 5.78. The Hall–Kier alpha value is 0.310. The first-order chi connectivity index (χ1) is 6.50. The van der Waals surface area contributed by atoms with Crippen LogP contribution in [0, 0.1) is 0 Å². The molecule has 0 saturated carbocycles. The Kier molecular flexibility index (Phi) is 7.75. The highest BCUT2D eigenvalue weighted by Gasteiger charge is 2.20. The zero-order chi connectivity index (χ0) is 11.1. The van der Waals surface area contributed by atoms with Gasteiger partial charge < -0.3 is 10.3 Å². The van der Waals surface area contributed by atoms with Crippen molar-refractivity contribution >= 4 is 8.30 Å². The largest absolute Gasteiger partial charge is 0.344 e. The van der Waals surface area contributed by atoms with Crippen LogP contribution in [0.4, 0.5) is 0 Å². The van der Waals surface area contributed by atoms with Crippen molar-refractivity contribution in [3.8, 4) is 0 Å². The molecule has 86 valence electrons. The summed E-state index contributed by atoms with van der Waals surface area (Å²) in [6.45, 7) is 12.5. The van der Waals surface area contributed by atoms with E-state index in [1.807, 2.05) is 0 Å². The minimum atomic E-state index is -0.457. The fourth-order valence-electron chi connectivity index (χ4n) is 1.59. The number of rotatable bonds is 7. The maximum absolute atomic E-state index is 5.78. The second-order valence-electron chi connectivity index (χ2n) is 4.01. The molecule has 0 fully saturated rings. The summed E-state index contributed by atoms with van der Waals surface area (Å²) in [5, 5.41) is 0. The van der Waals surface area contributed by atoms with Crippen molar-refractivity contribution in [3.63, 3.8) is 0 Å². The van der Waals surface area contributed by atoms with E-state index in [9.17, 15) is 0 Å². The topological polar surface area (TPSA) is 38.5 Å². The third kappa shape index (κ3) is 5.26. The lowest BCUT2D eigenvalue weighted by atomic mass is 10.3. The summed E-state index contributed by atoms with van der Waals surface area (Å²) in [4.78, 5) is 0. The molecule has 0 aliphatic rings. The van der Waals surface area contributed by atoms with E-state index >= 15 is 0 Å². The van der Waals surface area contributed by atoms with Gasteiger partial charge in [0.1, 0.15) is 8.30 Å². The average molecular weight is 220 g/mol. The molecule has 0 radical (unpaired) electrons. The average Bonchev–Trinajstić information content (AvgIpc) is 2.03. The number of hydrogen-bond acceptors (Lipinski definition) is 3. The molecule has 0 aromatic carbocycles. The molecule has 4 heteroatoms. The Morgan fingerprint density at radius 2 is 1.71 bits per heavy atom. The zero-order valence-corrected chi connectivity index (χ0v) is 11.1. The van der Waals surface area contributed by atoms with E-state index in [1.165, 1.54) is 0 Å². The molecule has 0 saturated heterocycles. The molecule has 3 nitrogen and oxygen atoms in total. The molecular formula is C10H25N2OP. The second-order valence-corrected chi connectivity index (χ2v) is 5.66. The van der Waals surface area contributed by atoms with Crippen molar-refractivity contribution in [1.29, 1.82) is 0 Å². The van der Waals surface area contributed by atoms with E-state index in [0.29, 0.717) is 18.6 Å². The van der Waals surface area contributed by atoms with Gasteiger partial charge in [-0.15, -0.1) is 0 Å². The third-order valence-electron chi connectivity index (χ3n) is 2.01. The van der Waals surface area contributed by atoms with Gasteiger partial charge in [0, 0.05) is 12.1 Å². The highest BCUT2D eigenvalue weighted by atomic mass is 31.2. The molecule has 0 aliphatic carbocycles. The SMILES string of the molecule is CC(C)N(C(C)C)P(C)OCCCN. The van der Waals surface area contributed by atoms with Gasteiger partial charge in [-0.3, -0.25) is 4.67 Å². The Morgan fingerprint density at radius 3 is 2.07 bits per heavy atom. The molecule has 0 aliphatic heterocycles. The van der Waals surface area contributed by atoms with Crippen molar-refractivity contribution in [2.24, 2.45) is 5.73 Å². The van der Waals surface area contributed by atoms with Crippen LogP contribution in [0.25, 0.3) is 0 Å². The molecule has 14 heavy (non-hydrogen) atoms. The number of nitrogens with two attached hydrogens (primary N) is 1. The van der Waals surface area contributed by atoms with Crippen LogP contribution in [0.15, 0.2) is 0 Å². The van der Waals surface area contributed by atoms with Gasteiger partial charge in [-0.25, -0.2) is 0 Å². The zero-order valence-electron chi connectivity index (χ0n) is 10.2. The van der Waals surface area contributed by atoms with Crippen LogP contribution in [0.1, 0.15) is 34.1 Å². The summed E-state index contributed by atoms with van der Waals surface area (Å²) in [7, 11) is -0.457. The predicted octanol–water partition coefficient (Wildman–Crippen LogP) is 2.41. The third-order valence-corrected chi connectivity index (χ3v) is 4.14. The molecular weight excluding hydrogens is 195 g/mol. The molecule has 0 bridgehead atoms. The Bertz CT molecular complexity index is 134. The smallest absolute Gasteiger partial charge is 0.101 e. The predicted molar refractivity (Wildman–Crippen MR) is 64.6 cm³/mol. The van der Waals surface area contributed by atoms with Gasteiger partial charge in [-0.1, -0.05) is 0 Å². The second kappa shape index (κ2) is 7.58. The normalized spacial score (nSPS) is 14.4. The highest BCUT2D eigenvalue weighted by Crippen LogP contribution is 2.40. The van der Waals surface area contributed by atoms with E-state index in [2.05, 4.69) is 39.0 Å². The van der Waals surface area contributed by atoms with Crippen LogP contribution in [0.5, 0.6) is 0 Å². The van der Waals surface area contributed by atoms with Gasteiger partial charge in [0.2, 0.25) is 0 Å². The summed E-state index contributed by atoms with van der Waals surface area (Å²) >= 11 is 0. The molecule has 0 amide bonds. The Balaban J connectivity index is 3.96. The highest BCUT2D eigenvalue weighted by molar-refractivity contribution is 7.49. The van der Waals surface area contributed by atoms with Gasteiger partial charge in [-0.05, 0) is 47.3 Å². The molecule has 1 unspecified atom stereocenters. The van der Waals surface area contributed by atoms with Gasteiger partial charge in [0.25, 0.3) is 0 Å². The molecule has 0 aromatic heterocycles. The molecule has 0 aromatic rings. The quantitative estimate of drug-likeness (QED) is 0.529. The first-order valence-electron chi connectivity index (χ1n) is 5.35. The fourth-order valence-corrected chi connectivity index (χ4v) is 3.42. The van der Waals surface area contributed by atoms with Gasteiger partial charge >= 0.3 is 0 Å². The first kappa shape index (κ1) is 14.3. The summed E-state index contributed by atoms with van der Waals surface area (Å²) in [6.07, 6.45) is 0.955. The van der Waals surface area contributed by atoms with Gasteiger partial charge in [-0.2, -0.15) is 0 Å². The molecule has 0 spiro atoms. The van der Waals surface area contributed by atoms with E-state index < -0.39 is 8.30 Å². The van der Waals surface area contributed by atoms with Crippen LogP contribution >= 0.6 is 8.30 Å². The first-order valence-corrected chi connectivity index (χ1v) is 7.01. The van der Waals surface area contributed by atoms with Crippen molar-refractivity contribution < 1.29 is 4.52 Å². The fraction of sp³-hybridized carbons (Fsp3) is 1.00. The van der Waals surface area contributed by atoms with Crippen molar-refractivity contribution in [3.05, 3.63) is 0 Å². The van der Waals surface area contributed by atoms with Gasteiger partial charge in [0.15, 0.2) is 0 Å². The summed E-state index contributed by atoms with van der Waals surface area (Å²) in [5.41, 5.74) is 5.42. The summed E-state index contributed by atoms with van der Waals surface area (Å²) < 4.78 is 8.20. The van der Waals surface area contributed by atoms with E-state index in [0.717, 1.165) is 13.0 Å². The number of hydrogen-bond donors (Lipinski definition) is 1. The molecule has 0 heterocycles. The monoisotopic (exact) mass is 220 g/mol. The molecule has 0 rings (SSSR count). The standard InChI is InChI=1S/C10H25N2OP/c1-9(2)12(10(3)4)14(5)13-8-6-7-11/h9-10H,6-8,11H2,1-5H3. The summed E-state index contributed by atoms with van der Waals surface area (Å²) in [5.74, 6) is 0. The lowest BCUT2D eigenvalue weighted by Gasteiger charge is -2.35. The van der Waals surface area contributed by atoms with Crippen LogP contribution in [-0.2, 0) is 4.52 Å². The van der Waals surface area contributed by atoms with Crippen LogP contribution in [-0.4, -0.2) is 36.6 Å². The van der Waals surface area contributed by atoms with E-state index in [1.54, 1.807) is 0 Å².